The van der Waals surface area contributed by atoms with Crippen LogP contribution in [-0.2, 0) is 12.0 Å². The fourth-order valence-corrected chi connectivity index (χ4v) is 4.78. The number of nitrogens with zero attached hydrogens (tertiary/aromatic N) is 2. The SMILES string of the molecule is CCCN(CCCC(C#N)(c1ccc(Cl)c(Cl)c1)C1CCC1)Cc1ccccc1. The molecule has 0 aliphatic heterocycles. The van der Waals surface area contributed by atoms with Crippen molar-refractivity contribution in [2.75, 3.05) is 13.1 Å². The van der Waals surface area contributed by atoms with E-state index in [4.69, 9.17) is 23.2 Å². The zero-order valence-electron chi connectivity index (χ0n) is 17.2. The Hall–Kier alpha value is -1.53. The summed E-state index contributed by atoms with van der Waals surface area (Å²) in [7, 11) is 0. The van der Waals surface area contributed by atoms with Gasteiger partial charge in [0.2, 0.25) is 0 Å². The Labute approximate surface area is 185 Å². The van der Waals surface area contributed by atoms with Gasteiger partial charge in [-0.2, -0.15) is 5.26 Å². The molecular formula is C25H30Cl2N2. The van der Waals surface area contributed by atoms with Gasteiger partial charge < -0.3 is 0 Å². The molecule has 0 heterocycles. The van der Waals surface area contributed by atoms with Crippen molar-refractivity contribution in [2.45, 2.75) is 57.4 Å². The van der Waals surface area contributed by atoms with Crippen molar-refractivity contribution in [3.63, 3.8) is 0 Å². The van der Waals surface area contributed by atoms with Gasteiger partial charge in [-0.3, -0.25) is 4.90 Å². The summed E-state index contributed by atoms with van der Waals surface area (Å²) >= 11 is 12.4. The second-order valence-electron chi connectivity index (χ2n) is 8.21. The standard InChI is InChI=1S/C25H30Cl2N2/c1-2-15-29(18-20-8-4-3-5-9-20)16-7-14-25(19-28,21-10-6-11-21)22-12-13-23(26)24(27)17-22/h3-5,8-9,12-13,17,21H,2,6-7,10-11,14-16,18H2,1H3. The largest absolute Gasteiger partial charge is 0.299 e. The zero-order chi connectivity index (χ0) is 20.7. The molecule has 0 spiro atoms. The minimum atomic E-state index is -0.461. The van der Waals surface area contributed by atoms with Crippen LogP contribution in [-0.4, -0.2) is 18.0 Å². The summed E-state index contributed by atoms with van der Waals surface area (Å²) in [6.45, 7) is 5.26. The van der Waals surface area contributed by atoms with Crippen molar-refractivity contribution < 1.29 is 0 Å². The second kappa shape index (κ2) is 10.5. The predicted octanol–water partition coefficient (Wildman–Crippen LogP) is 7.25. The Morgan fingerprint density at radius 1 is 1.07 bits per heavy atom. The summed E-state index contributed by atoms with van der Waals surface area (Å²) in [6.07, 6.45) is 6.45. The molecule has 0 N–H and O–H groups in total. The van der Waals surface area contributed by atoms with Gasteiger partial charge in [-0.25, -0.2) is 0 Å². The molecule has 0 aromatic heterocycles. The first-order valence-corrected chi connectivity index (χ1v) is 11.5. The lowest BCUT2D eigenvalue weighted by Crippen LogP contribution is -2.39. The van der Waals surface area contributed by atoms with E-state index in [9.17, 15) is 5.26 Å². The maximum absolute atomic E-state index is 10.3. The van der Waals surface area contributed by atoms with Crippen LogP contribution in [0, 0.1) is 17.2 Å². The maximum Gasteiger partial charge on any atom is 0.0851 e. The molecule has 0 amide bonds. The zero-order valence-corrected chi connectivity index (χ0v) is 18.7. The predicted molar refractivity (Wildman–Crippen MR) is 122 cm³/mol. The van der Waals surface area contributed by atoms with E-state index in [1.807, 2.05) is 18.2 Å². The van der Waals surface area contributed by atoms with Gasteiger partial charge in [-0.05, 0) is 74.4 Å². The molecule has 29 heavy (non-hydrogen) atoms. The van der Waals surface area contributed by atoms with Crippen LogP contribution in [0.2, 0.25) is 10.0 Å². The lowest BCUT2D eigenvalue weighted by molar-refractivity contribution is 0.182. The molecule has 1 unspecified atom stereocenters. The second-order valence-corrected chi connectivity index (χ2v) is 9.02. The fourth-order valence-electron chi connectivity index (χ4n) is 4.48. The van der Waals surface area contributed by atoms with Crippen molar-refractivity contribution in [3.05, 3.63) is 69.7 Å². The molecule has 0 bridgehead atoms. The average Bonchev–Trinajstić information content (AvgIpc) is 2.68. The third-order valence-electron chi connectivity index (χ3n) is 6.27. The highest BCUT2D eigenvalue weighted by Gasteiger charge is 2.43. The quantitative estimate of drug-likeness (QED) is 0.398. The highest BCUT2D eigenvalue weighted by Crippen LogP contribution is 2.47. The molecule has 1 saturated carbocycles. The van der Waals surface area contributed by atoms with E-state index >= 15 is 0 Å². The molecule has 2 aromatic rings. The Morgan fingerprint density at radius 2 is 1.83 bits per heavy atom. The van der Waals surface area contributed by atoms with Crippen LogP contribution >= 0.6 is 23.2 Å². The molecule has 1 atom stereocenters. The summed E-state index contributed by atoms with van der Waals surface area (Å²) in [5.41, 5.74) is 1.91. The lowest BCUT2D eigenvalue weighted by Gasteiger charge is -2.41. The number of rotatable bonds is 10. The molecule has 154 valence electrons. The van der Waals surface area contributed by atoms with Crippen LogP contribution in [0.25, 0.3) is 0 Å². The van der Waals surface area contributed by atoms with Crippen LogP contribution in [0.15, 0.2) is 48.5 Å². The van der Waals surface area contributed by atoms with Crippen LogP contribution in [0.5, 0.6) is 0 Å². The summed E-state index contributed by atoms with van der Waals surface area (Å²) in [5, 5.41) is 11.4. The van der Waals surface area contributed by atoms with E-state index in [1.165, 1.54) is 12.0 Å². The molecule has 4 heteroatoms. The van der Waals surface area contributed by atoms with Gasteiger partial charge in [0.25, 0.3) is 0 Å². The number of benzene rings is 2. The van der Waals surface area contributed by atoms with Crippen molar-refractivity contribution in [3.8, 4) is 6.07 Å². The average molecular weight is 429 g/mol. The van der Waals surface area contributed by atoms with Gasteiger partial charge in [-0.1, -0.05) is 72.9 Å². The van der Waals surface area contributed by atoms with Crippen molar-refractivity contribution in [1.29, 1.82) is 5.26 Å². The molecular weight excluding hydrogens is 399 g/mol. The Kier molecular flexibility index (Phi) is 8.01. The normalized spacial score (nSPS) is 16.2. The van der Waals surface area contributed by atoms with Gasteiger partial charge >= 0.3 is 0 Å². The molecule has 0 radical (unpaired) electrons. The van der Waals surface area contributed by atoms with E-state index in [-0.39, 0.29) is 0 Å². The third kappa shape index (κ3) is 5.34. The minimum Gasteiger partial charge on any atom is -0.299 e. The lowest BCUT2D eigenvalue weighted by atomic mass is 9.61. The fraction of sp³-hybridized carbons (Fsp3) is 0.480. The smallest absolute Gasteiger partial charge is 0.0851 e. The van der Waals surface area contributed by atoms with E-state index in [2.05, 4.69) is 48.2 Å². The molecule has 1 fully saturated rings. The van der Waals surface area contributed by atoms with Gasteiger partial charge in [0, 0.05) is 6.54 Å². The van der Waals surface area contributed by atoms with Gasteiger partial charge in [0.1, 0.15) is 0 Å². The molecule has 1 aliphatic rings. The Balaban J connectivity index is 1.72. The monoisotopic (exact) mass is 428 g/mol. The molecule has 3 rings (SSSR count). The van der Waals surface area contributed by atoms with E-state index in [0.29, 0.717) is 16.0 Å². The van der Waals surface area contributed by atoms with E-state index in [1.54, 1.807) is 0 Å². The molecule has 1 aliphatic carbocycles. The molecule has 2 aromatic carbocycles. The number of halogens is 2. The van der Waals surface area contributed by atoms with Crippen molar-refractivity contribution in [1.82, 2.24) is 4.90 Å². The number of hydrogen-bond acceptors (Lipinski definition) is 2. The molecule has 0 saturated heterocycles. The van der Waals surface area contributed by atoms with E-state index in [0.717, 1.165) is 57.3 Å². The van der Waals surface area contributed by atoms with Gasteiger partial charge in [-0.15, -0.1) is 0 Å². The minimum absolute atomic E-state index is 0.415. The van der Waals surface area contributed by atoms with E-state index < -0.39 is 5.41 Å². The van der Waals surface area contributed by atoms with Gasteiger partial charge in [0.05, 0.1) is 21.5 Å². The number of hydrogen-bond donors (Lipinski definition) is 0. The summed E-state index contributed by atoms with van der Waals surface area (Å²) < 4.78 is 0. The van der Waals surface area contributed by atoms with Crippen LogP contribution < -0.4 is 0 Å². The topological polar surface area (TPSA) is 27.0 Å². The van der Waals surface area contributed by atoms with Crippen LogP contribution in [0.1, 0.15) is 56.6 Å². The van der Waals surface area contributed by atoms with Gasteiger partial charge in [0.15, 0.2) is 0 Å². The maximum atomic E-state index is 10.3. The first-order chi connectivity index (χ1) is 14.1. The van der Waals surface area contributed by atoms with Crippen LogP contribution in [0.3, 0.4) is 0 Å². The third-order valence-corrected chi connectivity index (χ3v) is 7.01. The molecule has 2 nitrogen and oxygen atoms in total. The van der Waals surface area contributed by atoms with Crippen molar-refractivity contribution >= 4 is 23.2 Å². The highest BCUT2D eigenvalue weighted by atomic mass is 35.5. The first-order valence-electron chi connectivity index (χ1n) is 10.7. The highest BCUT2D eigenvalue weighted by molar-refractivity contribution is 6.42. The summed E-state index contributed by atoms with van der Waals surface area (Å²) in [5.74, 6) is 0.415. The first kappa shape index (κ1) is 22.2. The number of nitriles is 1. The Bertz CT molecular complexity index is 826. The van der Waals surface area contributed by atoms with Crippen molar-refractivity contribution in [2.24, 2.45) is 5.92 Å². The Morgan fingerprint density at radius 3 is 2.41 bits per heavy atom. The summed E-state index contributed by atoms with van der Waals surface area (Å²) in [4.78, 5) is 2.51. The summed E-state index contributed by atoms with van der Waals surface area (Å²) in [6, 6.07) is 19.1. The van der Waals surface area contributed by atoms with Crippen LogP contribution in [0.4, 0.5) is 0 Å².